The molecule has 0 aliphatic rings. The quantitative estimate of drug-likeness (QED) is 0.145. The lowest BCUT2D eigenvalue weighted by molar-refractivity contribution is 1.28. The first-order chi connectivity index (χ1) is 28.8. The van der Waals surface area contributed by atoms with E-state index in [2.05, 4.69) is 252 Å². The van der Waals surface area contributed by atoms with Gasteiger partial charge in [-0.25, -0.2) is 0 Å². The number of rotatable bonds is 9. The van der Waals surface area contributed by atoms with Crippen LogP contribution in [0, 0.1) is 0 Å². The lowest BCUT2D eigenvalue weighted by Gasteiger charge is -2.26. The Kier molecular flexibility index (Phi) is 9.27. The van der Waals surface area contributed by atoms with Gasteiger partial charge in [-0.1, -0.05) is 170 Å². The van der Waals surface area contributed by atoms with Gasteiger partial charge in [-0.2, -0.15) is 0 Å². The van der Waals surface area contributed by atoms with Crippen LogP contribution in [-0.4, -0.2) is 0 Å². The van der Waals surface area contributed by atoms with Gasteiger partial charge >= 0.3 is 0 Å². The molecular formula is C56H40N2. The average molecular weight is 741 g/mol. The zero-order valence-corrected chi connectivity index (χ0v) is 32.0. The predicted octanol–water partition coefficient (Wildman–Crippen LogP) is 15.9. The van der Waals surface area contributed by atoms with E-state index in [0.29, 0.717) is 0 Å². The normalized spacial score (nSPS) is 11.1. The molecule has 0 N–H and O–H groups in total. The summed E-state index contributed by atoms with van der Waals surface area (Å²) in [7, 11) is 0. The summed E-state index contributed by atoms with van der Waals surface area (Å²) in [6.07, 6.45) is 0. The highest BCUT2D eigenvalue weighted by Gasteiger charge is 2.16. The first-order valence-electron chi connectivity index (χ1n) is 19.8. The van der Waals surface area contributed by atoms with Crippen molar-refractivity contribution < 1.29 is 0 Å². The van der Waals surface area contributed by atoms with E-state index in [1.54, 1.807) is 0 Å². The predicted molar refractivity (Wildman–Crippen MR) is 247 cm³/mol. The topological polar surface area (TPSA) is 6.48 Å². The van der Waals surface area contributed by atoms with E-state index in [0.717, 1.165) is 34.1 Å². The number of hydrogen-bond donors (Lipinski definition) is 0. The van der Waals surface area contributed by atoms with Crippen molar-refractivity contribution in [3.05, 3.63) is 243 Å². The van der Waals surface area contributed by atoms with Crippen molar-refractivity contribution in [2.24, 2.45) is 0 Å². The third-order valence-corrected chi connectivity index (χ3v) is 11.1. The summed E-state index contributed by atoms with van der Waals surface area (Å²) in [4.78, 5) is 4.64. The standard InChI is InChI=1S/C56H40N2/c1-3-17-47(18-4-1)57(51-37-29-45(30-38-51)55-23-11-15-43-13-7-9-21-53(43)55)49-33-25-41(26-34-49)42-27-35-50(36-28-42)58(48-19-5-2-6-20-48)52-39-31-46(32-40-52)56-24-12-16-44-14-8-10-22-54(44)56/h1-40H. The Morgan fingerprint density at radius 1 is 0.190 bits per heavy atom. The van der Waals surface area contributed by atoms with Crippen LogP contribution in [0.5, 0.6) is 0 Å². The Morgan fingerprint density at radius 3 is 0.828 bits per heavy atom. The van der Waals surface area contributed by atoms with Crippen LogP contribution in [0.4, 0.5) is 34.1 Å². The van der Waals surface area contributed by atoms with Crippen LogP contribution >= 0.6 is 0 Å². The van der Waals surface area contributed by atoms with Crippen LogP contribution in [0.2, 0.25) is 0 Å². The molecular weight excluding hydrogens is 701 g/mol. The molecule has 0 atom stereocenters. The number of fused-ring (bicyclic) bond motifs is 2. The van der Waals surface area contributed by atoms with Gasteiger partial charge in [-0.15, -0.1) is 0 Å². The fourth-order valence-corrected chi connectivity index (χ4v) is 8.19. The van der Waals surface area contributed by atoms with Gasteiger partial charge in [0.15, 0.2) is 0 Å². The van der Waals surface area contributed by atoms with Gasteiger partial charge in [0.1, 0.15) is 0 Å². The molecule has 10 aromatic carbocycles. The second-order valence-electron chi connectivity index (χ2n) is 14.6. The fourth-order valence-electron chi connectivity index (χ4n) is 8.19. The van der Waals surface area contributed by atoms with Crippen molar-refractivity contribution in [3.8, 4) is 33.4 Å². The summed E-state index contributed by atoms with van der Waals surface area (Å²) in [5, 5.41) is 5.03. The maximum Gasteiger partial charge on any atom is 0.0462 e. The van der Waals surface area contributed by atoms with Gasteiger partial charge in [-0.3, -0.25) is 0 Å². The largest absolute Gasteiger partial charge is 0.311 e. The number of nitrogens with zero attached hydrogens (tertiary/aromatic N) is 2. The van der Waals surface area contributed by atoms with Crippen molar-refractivity contribution in [2.75, 3.05) is 9.80 Å². The summed E-state index contributed by atoms with van der Waals surface area (Å²) in [5.41, 5.74) is 13.9. The molecule has 274 valence electrons. The molecule has 10 rings (SSSR count). The number of anilines is 6. The SMILES string of the molecule is c1ccc(N(c2ccc(-c3ccc(N(c4ccccc4)c4ccc(-c5cccc6ccccc56)cc4)cc3)cc2)c2ccc(-c3cccc4ccccc34)cc2)cc1. The molecule has 10 aromatic rings. The molecule has 0 aromatic heterocycles. The summed E-state index contributed by atoms with van der Waals surface area (Å²) in [6, 6.07) is 87.1. The molecule has 0 bridgehead atoms. The van der Waals surface area contributed by atoms with Gasteiger partial charge in [0, 0.05) is 34.1 Å². The summed E-state index contributed by atoms with van der Waals surface area (Å²) in [5.74, 6) is 0. The number of para-hydroxylation sites is 2. The maximum absolute atomic E-state index is 2.32. The van der Waals surface area contributed by atoms with Crippen molar-refractivity contribution in [2.45, 2.75) is 0 Å². The highest BCUT2D eigenvalue weighted by atomic mass is 15.1. The van der Waals surface area contributed by atoms with Crippen molar-refractivity contribution in [1.29, 1.82) is 0 Å². The van der Waals surface area contributed by atoms with Gasteiger partial charge in [0.25, 0.3) is 0 Å². The van der Waals surface area contributed by atoms with Crippen molar-refractivity contribution >= 4 is 55.7 Å². The molecule has 2 heteroatoms. The summed E-state index contributed by atoms with van der Waals surface area (Å²) in [6.45, 7) is 0. The molecule has 58 heavy (non-hydrogen) atoms. The summed E-state index contributed by atoms with van der Waals surface area (Å²) >= 11 is 0. The molecule has 0 radical (unpaired) electrons. The van der Waals surface area contributed by atoms with Crippen LogP contribution in [0.3, 0.4) is 0 Å². The lowest BCUT2D eigenvalue weighted by Crippen LogP contribution is -2.10. The molecule has 0 aliphatic carbocycles. The lowest BCUT2D eigenvalue weighted by atomic mass is 9.98. The zero-order chi connectivity index (χ0) is 38.7. The molecule has 0 saturated heterocycles. The van der Waals surface area contributed by atoms with Crippen LogP contribution in [-0.2, 0) is 0 Å². The third-order valence-electron chi connectivity index (χ3n) is 11.1. The first kappa shape index (κ1) is 34.8. The molecule has 0 fully saturated rings. The number of hydrogen-bond acceptors (Lipinski definition) is 2. The Morgan fingerprint density at radius 2 is 0.466 bits per heavy atom. The first-order valence-corrected chi connectivity index (χ1v) is 19.8. The smallest absolute Gasteiger partial charge is 0.0462 e. The van der Waals surface area contributed by atoms with Crippen LogP contribution in [0.25, 0.3) is 54.9 Å². The van der Waals surface area contributed by atoms with E-state index >= 15 is 0 Å². The minimum Gasteiger partial charge on any atom is -0.311 e. The Labute approximate surface area is 340 Å². The number of benzene rings is 10. The average Bonchev–Trinajstić information content (AvgIpc) is 3.30. The monoisotopic (exact) mass is 740 g/mol. The van der Waals surface area contributed by atoms with Gasteiger partial charge < -0.3 is 9.80 Å². The Bertz CT molecular complexity index is 2740. The highest BCUT2D eigenvalue weighted by Crippen LogP contribution is 2.40. The third kappa shape index (κ3) is 6.78. The van der Waals surface area contributed by atoms with E-state index in [4.69, 9.17) is 0 Å². The van der Waals surface area contributed by atoms with Crippen LogP contribution < -0.4 is 9.80 Å². The van der Waals surface area contributed by atoms with Crippen molar-refractivity contribution in [3.63, 3.8) is 0 Å². The van der Waals surface area contributed by atoms with E-state index < -0.39 is 0 Å². The fraction of sp³-hybridized carbons (Fsp3) is 0. The molecule has 0 heterocycles. The van der Waals surface area contributed by atoms with E-state index in [1.807, 2.05) is 0 Å². The minimum absolute atomic E-state index is 1.10. The second-order valence-corrected chi connectivity index (χ2v) is 14.6. The van der Waals surface area contributed by atoms with E-state index in [9.17, 15) is 0 Å². The van der Waals surface area contributed by atoms with Gasteiger partial charge in [-0.05, 0) is 128 Å². The highest BCUT2D eigenvalue weighted by molar-refractivity contribution is 5.98. The van der Waals surface area contributed by atoms with Gasteiger partial charge in [0.2, 0.25) is 0 Å². The minimum atomic E-state index is 1.10. The Balaban J connectivity index is 0.938. The molecule has 0 unspecified atom stereocenters. The second kappa shape index (κ2) is 15.5. The molecule has 0 saturated carbocycles. The molecule has 0 spiro atoms. The van der Waals surface area contributed by atoms with Crippen molar-refractivity contribution in [1.82, 2.24) is 0 Å². The maximum atomic E-state index is 2.32. The van der Waals surface area contributed by atoms with Crippen LogP contribution in [0.15, 0.2) is 243 Å². The van der Waals surface area contributed by atoms with Gasteiger partial charge in [0.05, 0.1) is 0 Å². The molecule has 0 aliphatic heterocycles. The van der Waals surface area contributed by atoms with E-state index in [1.165, 1.54) is 54.9 Å². The van der Waals surface area contributed by atoms with E-state index in [-0.39, 0.29) is 0 Å². The summed E-state index contributed by atoms with van der Waals surface area (Å²) < 4.78 is 0. The zero-order valence-electron chi connectivity index (χ0n) is 32.0. The molecule has 2 nitrogen and oxygen atoms in total. The van der Waals surface area contributed by atoms with Crippen LogP contribution in [0.1, 0.15) is 0 Å². The molecule has 0 amide bonds. The Hall–Kier alpha value is -7.68.